The largest absolute Gasteiger partial charge is 0.335 e. The van der Waals surface area contributed by atoms with Gasteiger partial charge in [-0.05, 0) is 31.9 Å². The second-order valence-corrected chi connectivity index (χ2v) is 7.09. The third-order valence-corrected chi connectivity index (χ3v) is 4.87. The number of imide groups is 1. The zero-order valence-corrected chi connectivity index (χ0v) is 15.3. The molecule has 1 aliphatic carbocycles. The number of quaternary nitrogens is 1. The molecule has 1 aromatic carbocycles. The number of carbonyl (C=O) groups excluding carboxylic acids is 2. The van der Waals surface area contributed by atoms with E-state index in [4.69, 9.17) is 23.2 Å². The Morgan fingerprint density at radius 2 is 1.96 bits per heavy atom. The molecule has 2 rings (SSSR count). The standard InChI is InChI=1S/C17H23Cl2N3O2/c1-11(14-8-7-12(18)9-15(14)19)20-10-16(23)22-17(24)21-13-5-3-2-4-6-13/h7-9,11,13,20H,2-6,10H2,1H3,(H2,21,22,23,24)/p+1/t11-/m0/s1. The van der Waals surface area contributed by atoms with Gasteiger partial charge < -0.3 is 10.6 Å². The van der Waals surface area contributed by atoms with Crippen LogP contribution in [0.2, 0.25) is 10.0 Å². The highest BCUT2D eigenvalue weighted by molar-refractivity contribution is 6.35. The van der Waals surface area contributed by atoms with Gasteiger partial charge in [-0.3, -0.25) is 10.1 Å². The molecule has 132 valence electrons. The number of nitrogens with one attached hydrogen (secondary N) is 2. The molecule has 5 nitrogen and oxygen atoms in total. The summed E-state index contributed by atoms with van der Waals surface area (Å²) in [6.45, 7) is 2.10. The number of rotatable bonds is 5. The molecule has 1 saturated carbocycles. The van der Waals surface area contributed by atoms with Crippen molar-refractivity contribution in [3.8, 4) is 0 Å². The van der Waals surface area contributed by atoms with Gasteiger partial charge in [0.05, 0.1) is 5.02 Å². The third-order valence-electron chi connectivity index (χ3n) is 4.30. The van der Waals surface area contributed by atoms with Crippen LogP contribution in [-0.4, -0.2) is 24.5 Å². The van der Waals surface area contributed by atoms with Crippen LogP contribution in [0.15, 0.2) is 18.2 Å². The quantitative estimate of drug-likeness (QED) is 0.743. The lowest BCUT2D eigenvalue weighted by atomic mass is 9.96. The van der Waals surface area contributed by atoms with E-state index in [1.165, 1.54) is 6.42 Å². The van der Waals surface area contributed by atoms with Crippen LogP contribution in [-0.2, 0) is 4.79 Å². The maximum absolute atomic E-state index is 11.9. The van der Waals surface area contributed by atoms with Crippen molar-refractivity contribution in [2.45, 2.75) is 51.1 Å². The van der Waals surface area contributed by atoms with Crippen molar-refractivity contribution in [3.63, 3.8) is 0 Å². The number of amides is 3. The first-order valence-electron chi connectivity index (χ1n) is 8.34. The molecule has 24 heavy (non-hydrogen) atoms. The van der Waals surface area contributed by atoms with E-state index < -0.39 is 6.03 Å². The number of urea groups is 1. The Hall–Kier alpha value is -1.30. The Kier molecular flexibility index (Phi) is 7.34. The summed E-state index contributed by atoms with van der Waals surface area (Å²) >= 11 is 12.0. The predicted molar refractivity (Wildman–Crippen MR) is 95.2 cm³/mol. The van der Waals surface area contributed by atoms with Crippen molar-refractivity contribution < 1.29 is 14.9 Å². The molecule has 3 amide bonds. The summed E-state index contributed by atoms with van der Waals surface area (Å²) < 4.78 is 0. The van der Waals surface area contributed by atoms with Gasteiger partial charge in [0.2, 0.25) is 0 Å². The molecular weight excluding hydrogens is 349 g/mol. The van der Waals surface area contributed by atoms with E-state index >= 15 is 0 Å². The Morgan fingerprint density at radius 1 is 1.25 bits per heavy atom. The van der Waals surface area contributed by atoms with Crippen LogP contribution >= 0.6 is 23.2 Å². The van der Waals surface area contributed by atoms with E-state index in [0.717, 1.165) is 31.2 Å². The van der Waals surface area contributed by atoms with Gasteiger partial charge in [-0.25, -0.2) is 4.79 Å². The zero-order chi connectivity index (χ0) is 17.5. The number of halogens is 2. The summed E-state index contributed by atoms with van der Waals surface area (Å²) in [6, 6.07) is 5.06. The van der Waals surface area contributed by atoms with E-state index in [9.17, 15) is 9.59 Å². The van der Waals surface area contributed by atoms with Gasteiger partial charge in [0, 0.05) is 16.6 Å². The van der Waals surface area contributed by atoms with Crippen LogP contribution in [0.3, 0.4) is 0 Å². The number of carbonyl (C=O) groups is 2. The van der Waals surface area contributed by atoms with Crippen molar-refractivity contribution in [2.24, 2.45) is 0 Å². The fourth-order valence-corrected chi connectivity index (χ4v) is 3.51. The average Bonchev–Trinajstić information content (AvgIpc) is 2.53. The van der Waals surface area contributed by atoms with Gasteiger partial charge in [-0.2, -0.15) is 0 Å². The second kappa shape index (κ2) is 9.25. The van der Waals surface area contributed by atoms with Crippen molar-refractivity contribution >= 4 is 35.1 Å². The van der Waals surface area contributed by atoms with Gasteiger partial charge in [-0.1, -0.05) is 48.5 Å². The van der Waals surface area contributed by atoms with E-state index in [1.807, 2.05) is 18.3 Å². The third kappa shape index (κ3) is 5.96. The molecule has 0 heterocycles. The Labute approximate surface area is 152 Å². The average molecular weight is 373 g/mol. The van der Waals surface area contributed by atoms with Crippen molar-refractivity contribution in [3.05, 3.63) is 33.8 Å². The second-order valence-electron chi connectivity index (χ2n) is 6.25. The smallest absolute Gasteiger partial charge is 0.321 e. The molecule has 0 bridgehead atoms. The fourth-order valence-electron chi connectivity index (χ4n) is 2.93. The highest BCUT2D eigenvalue weighted by atomic mass is 35.5. The summed E-state index contributed by atoms with van der Waals surface area (Å²) in [6.07, 6.45) is 5.45. The fraction of sp³-hybridized carbons (Fsp3) is 0.529. The molecule has 0 aromatic heterocycles. The molecule has 0 unspecified atom stereocenters. The molecule has 1 aliphatic rings. The molecule has 0 spiro atoms. The molecule has 7 heteroatoms. The van der Waals surface area contributed by atoms with Gasteiger partial charge >= 0.3 is 6.03 Å². The lowest BCUT2D eigenvalue weighted by Gasteiger charge is -2.22. The van der Waals surface area contributed by atoms with Crippen LogP contribution in [0.5, 0.6) is 0 Å². The number of hydrogen-bond donors (Lipinski definition) is 3. The minimum absolute atomic E-state index is 0.0121. The lowest BCUT2D eigenvalue weighted by molar-refractivity contribution is -0.682. The maximum Gasteiger partial charge on any atom is 0.321 e. The maximum atomic E-state index is 11.9. The van der Waals surface area contributed by atoms with Crippen LogP contribution in [0, 0.1) is 0 Å². The summed E-state index contributed by atoms with van der Waals surface area (Å²) in [7, 11) is 0. The summed E-state index contributed by atoms with van der Waals surface area (Å²) in [4.78, 5) is 23.7. The predicted octanol–water partition coefficient (Wildman–Crippen LogP) is 2.78. The molecule has 4 N–H and O–H groups in total. The lowest BCUT2D eigenvalue weighted by Crippen LogP contribution is -2.87. The van der Waals surface area contributed by atoms with E-state index in [2.05, 4.69) is 10.6 Å². The Balaban J connectivity index is 1.74. The van der Waals surface area contributed by atoms with Gasteiger partial charge in [-0.15, -0.1) is 0 Å². The highest BCUT2D eigenvalue weighted by Crippen LogP contribution is 2.24. The van der Waals surface area contributed by atoms with Crippen LogP contribution in [0.1, 0.15) is 50.6 Å². The highest BCUT2D eigenvalue weighted by Gasteiger charge is 2.19. The monoisotopic (exact) mass is 372 g/mol. The minimum Gasteiger partial charge on any atom is -0.335 e. The van der Waals surface area contributed by atoms with E-state index in [1.54, 1.807) is 12.1 Å². The summed E-state index contributed by atoms with van der Waals surface area (Å²) in [5.74, 6) is -0.319. The summed E-state index contributed by atoms with van der Waals surface area (Å²) in [5.41, 5.74) is 0.903. The van der Waals surface area contributed by atoms with Crippen molar-refractivity contribution in [1.82, 2.24) is 10.6 Å². The molecule has 1 fully saturated rings. The number of benzene rings is 1. The first-order chi connectivity index (χ1) is 11.5. The van der Waals surface area contributed by atoms with Crippen molar-refractivity contribution in [1.29, 1.82) is 0 Å². The van der Waals surface area contributed by atoms with Crippen LogP contribution in [0.25, 0.3) is 0 Å². The molecule has 0 radical (unpaired) electrons. The minimum atomic E-state index is -0.405. The molecule has 1 atom stereocenters. The van der Waals surface area contributed by atoms with E-state index in [0.29, 0.717) is 10.0 Å². The topological polar surface area (TPSA) is 74.8 Å². The Bertz CT molecular complexity index is 589. The van der Waals surface area contributed by atoms with Crippen molar-refractivity contribution in [2.75, 3.05) is 6.54 Å². The zero-order valence-electron chi connectivity index (χ0n) is 13.8. The molecular formula is C17H24Cl2N3O2+. The molecule has 0 saturated heterocycles. The first kappa shape index (κ1) is 19.0. The van der Waals surface area contributed by atoms with Gasteiger partial charge in [0.25, 0.3) is 5.91 Å². The van der Waals surface area contributed by atoms with Gasteiger partial charge in [0.1, 0.15) is 6.04 Å². The number of hydrogen-bond acceptors (Lipinski definition) is 2. The summed E-state index contributed by atoms with van der Waals surface area (Å²) in [5, 5.41) is 8.23. The van der Waals surface area contributed by atoms with Crippen LogP contribution in [0.4, 0.5) is 4.79 Å². The van der Waals surface area contributed by atoms with Crippen LogP contribution < -0.4 is 16.0 Å². The first-order valence-corrected chi connectivity index (χ1v) is 9.10. The normalized spacial score (nSPS) is 16.5. The molecule has 0 aliphatic heterocycles. The number of nitrogens with two attached hydrogens (primary N) is 1. The van der Waals surface area contributed by atoms with Gasteiger partial charge in [0.15, 0.2) is 6.54 Å². The Morgan fingerprint density at radius 3 is 2.62 bits per heavy atom. The SMILES string of the molecule is C[C@H]([NH2+]CC(=O)NC(=O)NC1CCCCC1)c1ccc(Cl)cc1Cl. The molecule has 1 aromatic rings. The van der Waals surface area contributed by atoms with E-state index in [-0.39, 0.29) is 24.5 Å².